The van der Waals surface area contributed by atoms with E-state index in [4.69, 9.17) is 4.74 Å². The number of halogens is 2. The van der Waals surface area contributed by atoms with Crippen molar-refractivity contribution in [3.05, 3.63) is 101 Å². The number of ether oxygens (including phenoxy) is 1. The second-order valence-electron chi connectivity index (χ2n) is 12.6. The molecule has 2 N–H and O–H groups in total. The van der Waals surface area contributed by atoms with Crippen molar-refractivity contribution in [1.29, 1.82) is 0 Å². The van der Waals surface area contributed by atoms with Crippen LogP contribution in [0.15, 0.2) is 89.4 Å². The number of carboxylic acid groups (broad SMARTS) is 1. The van der Waals surface area contributed by atoms with E-state index in [0.29, 0.717) is 17.1 Å². The molecule has 250 valence electrons. The Morgan fingerprint density at radius 2 is 1.87 bits per heavy atom. The van der Waals surface area contributed by atoms with Crippen LogP contribution in [0.25, 0.3) is 11.1 Å². The number of carboxylic acids is 1. The summed E-state index contributed by atoms with van der Waals surface area (Å²) < 4.78 is 40.4. The first-order valence-electron chi connectivity index (χ1n) is 16.5. The van der Waals surface area contributed by atoms with Crippen LogP contribution in [0, 0.1) is 5.82 Å². The van der Waals surface area contributed by atoms with Crippen molar-refractivity contribution in [2.24, 2.45) is 0 Å². The fourth-order valence-electron chi connectivity index (χ4n) is 6.98. The average Bonchev–Trinajstić information content (AvgIpc) is 3.24. The van der Waals surface area contributed by atoms with Gasteiger partial charge in [-0.1, -0.05) is 0 Å². The van der Waals surface area contributed by atoms with E-state index in [1.165, 1.54) is 45.8 Å². The van der Waals surface area contributed by atoms with Crippen molar-refractivity contribution >= 4 is 48.0 Å². The molecule has 3 aromatic carbocycles. The Balaban J connectivity index is 1.45. The van der Waals surface area contributed by atoms with E-state index in [1.54, 1.807) is 13.2 Å². The third-order valence-corrected chi connectivity index (χ3v) is 18.3. The van der Waals surface area contributed by atoms with E-state index in [0.717, 1.165) is 66.7 Å². The Morgan fingerprint density at radius 3 is 2.57 bits per heavy atom. The molecular weight excluding hydrogens is 726 g/mol. The molecule has 9 heteroatoms. The maximum atomic E-state index is 14.6. The summed E-state index contributed by atoms with van der Waals surface area (Å²) >= 11 is -1.41. The van der Waals surface area contributed by atoms with E-state index in [-0.39, 0.29) is 15.5 Å². The topological polar surface area (TPSA) is 81.7 Å². The molecule has 0 spiro atoms. The number of carbonyl (C=O) groups is 1. The number of alkyl halides is 3. The van der Waals surface area contributed by atoms with Gasteiger partial charge in [-0.05, 0) is 0 Å². The van der Waals surface area contributed by atoms with Crippen molar-refractivity contribution in [3.8, 4) is 11.1 Å². The molecule has 6 nitrogen and oxygen atoms in total. The van der Waals surface area contributed by atoms with Gasteiger partial charge >= 0.3 is 270 Å². The molecule has 0 radical (unpaired) electrons. The molecule has 2 heterocycles. The van der Waals surface area contributed by atoms with E-state index in [1.807, 2.05) is 12.1 Å². The Morgan fingerprint density at radius 1 is 1.13 bits per heavy atom. The minimum Gasteiger partial charge on any atom is -0.384 e. The number of methoxy groups -OCH3 is 1. The van der Waals surface area contributed by atoms with Crippen LogP contribution in [-0.4, -0.2) is 44.2 Å². The number of benzene rings is 3. The third kappa shape index (κ3) is 7.96. The first kappa shape index (κ1) is 34.2. The molecule has 2 aliphatic heterocycles. The van der Waals surface area contributed by atoms with Gasteiger partial charge in [0.1, 0.15) is 0 Å². The fourth-order valence-corrected chi connectivity index (χ4v) is 15.9. The van der Waals surface area contributed by atoms with Gasteiger partial charge in [0.25, 0.3) is 0 Å². The number of para-hydroxylation sites is 1. The van der Waals surface area contributed by atoms with Gasteiger partial charge in [0.05, 0.1) is 6.61 Å². The quantitative estimate of drug-likeness (QED) is 0.0746. The molecule has 1 unspecified atom stereocenters. The molecule has 2 fully saturated rings. The first-order valence-corrected chi connectivity index (χ1v) is 21.9. The Hall–Kier alpha value is -2.70. The SMILES string of the molecule is C=C(C=C1CCC(c2cc3c(cc2-c2ccc(F)c(C(=O)O)c2)[S-](#[O+])NC(I2CCCCC2)CN3c2ccccc2)CC1)CCOC. The number of nitrogens with zero attached hydrogens (tertiary/aromatic N) is 1. The predicted octanol–water partition coefficient (Wildman–Crippen LogP) is 9.36. The zero-order chi connectivity index (χ0) is 32.9. The van der Waals surface area contributed by atoms with Crippen LogP contribution in [0.5, 0.6) is 0 Å². The van der Waals surface area contributed by atoms with Crippen molar-refractivity contribution in [3.63, 3.8) is 0 Å². The van der Waals surface area contributed by atoms with Crippen LogP contribution < -0.4 is 9.62 Å². The maximum absolute atomic E-state index is 14.6. The van der Waals surface area contributed by atoms with Crippen LogP contribution in [0.4, 0.5) is 15.8 Å². The number of hydrogen-bond acceptors (Lipinski definition) is 5. The number of allylic oxidation sites excluding steroid dienone is 2. The van der Waals surface area contributed by atoms with E-state index < -0.39 is 42.4 Å². The number of fused-ring (bicyclic) bond motifs is 1. The summed E-state index contributed by atoms with van der Waals surface area (Å²) in [5.74, 6) is -1.87. The molecule has 6 rings (SSSR count). The number of anilines is 2. The van der Waals surface area contributed by atoms with Crippen molar-refractivity contribution in [1.82, 2.24) is 4.72 Å². The number of nitrogens with one attached hydrogen (secondary N) is 1. The van der Waals surface area contributed by atoms with Gasteiger partial charge in [0.2, 0.25) is 0 Å². The van der Waals surface area contributed by atoms with Gasteiger partial charge in [-0.2, -0.15) is 0 Å². The van der Waals surface area contributed by atoms with Gasteiger partial charge in [-0.3, -0.25) is 0 Å². The summed E-state index contributed by atoms with van der Waals surface area (Å²) in [7, 11) is 0.240. The molecule has 1 aliphatic carbocycles. The smallest absolute Gasteiger partial charge is 0.384 e. The molecule has 47 heavy (non-hydrogen) atoms. The molecular formula is C38H44FIN2O4S. The molecule has 1 atom stereocenters. The Labute approximate surface area is 287 Å². The van der Waals surface area contributed by atoms with Crippen molar-refractivity contribution in [2.75, 3.05) is 34.0 Å². The predicted molar refractivity (Wildman–Crippen MR) is 198 cm³/mol. The van der Waals surface area contributed by atoms with Gasteiger partial charge in [0, 0.05) is 7.11 Å². The van der Waals surface area contributed by atoms with E-state index in [9.17, 15) is 18.3 Å². The minimum absolute atomic E-state index is 0.199. The summed E-state index contributed by atoms with van der Waals surface area (Å²) in [5.41, 5.74) is 6.65. The second kappa shape index (κ2) is 15.7. The summed E-state index contributed by atoms with van der Waals surface area (Å²) in [5, 5.41) is 9.77. The van der Waals surface area contributed by atoms with Crippen LogP contribution in [0.3, 0.4) is 0 Å². The molecule has 1 saturated carbocycles. The zero-order valence-electron chi connectivity index (χ0n) is 27.0. The van der Waals surface area contributed by atoms with Crippen LogP contribution in [0.1, 0.15) is 73.2 Å². The molecule has 3 aromatic rings. The van der Waals surface area contributed by atoms with Crippen molar-refractivity contribution in [2.45, 2.75) is 66.2 Å². The molecule has 3 aliphatic rings. The van der Waals surface area contributed by atoms with Crippen LogP contribution in [0.2, 0.25) is 0 Å². The summed E-state index contributed by atoms with van der Waals surface area (Å²) in [4.78, 5) is 15.0. The third-order valence-electron chi connectivity index (χ3n) is 9.50. The normalized spacial score (nSPS) is 21.2. The number of aromatic carboxylic acids is 1. The van der Waals surface area contributed by atoms with Gasteiger partial charge in [0.15, 0.2) is 0 Å². The van der Waals surface area contributed by atoms with Crippen LogP contribution in [-0.2, 0) is 19.6 Å². The van der Waals surface area contributed by atoms with Crippen LogP contribution >= 0.6 is 19.8 Å². The zero-order valence-corrected chi connectivity index (χ0v) is 30.0. The molecule has 0 amide bonds. The molecule has 0 aromatic heterocycles. The van der Waals surface area contributed by atoms with Crippen molar-refractivity contribution < 1.29 is 23.1 Å². The summed E-state index contributed by atoms with van der Waals surface area (Å²) in [6.45, 7) is 5.64. The summed E-state index contributed by atoms with van der Waals surface area (Å²) in [6, 6.07) is 18.9. The number of hydrogen-bond donors (Lipinski definition) is 2. The Bertz CT molecular complexity index is 1720. The molecule has 0 bridgehead atoms. The first-order chi connectivity index (χ1) is 22.8. The van der Waals surface area contributed by atoms with E-state index in [2.05, 4.69) is 52.6 Å². The monoisotopic (exact) mass is 770 g/mol. The van der Waals surface area contributed by atoms with Gasteiger partial charge in [-0.15, -0.1) is 0 Å². The van der Waals surface area contributed by atoms with Gasteiger partial charge in [-0.25, -0.2) is 0 Å². The standard InChI is InChI=1S/C38H44FIN2O4S/c1-26(17-20-46-2)21-27-11-13-28(14-12-27)31-23-35-36(24-32(31)29-15-16-34(39)33(22-29)38(43)44)47(45)41-37(40-18-7-4-8-19-40)25-42(35)30-9-5-3-6-10-30/h3,5-6,9-10,15-16,21-24,28,37,41H,1,4,7-8,11-14,17-20,25H2,2H3,(H,43,44). The summed E-state index contributed by atoms with van der Waals surface area (Å²) in [6.07, 6.45) is 10.5. The second-order valence-corrected chi connectivity index (χ2v) is 20.3. The number of rotatable bonds is 9. The Kier molecular flexibility index (Phi) is 11.4. The fraction of sp³-hybridized carbons (Fsp3) is 0.395. The minimum atomic E-state index is -1.46. The molecule has 1 saturated heterocycles. The average molecular weight is 771 g/mol. The van der Waals surface area contributed by atoms with Gasteiger partial charge < -0.3 is 4.74 Å². The van der Waals surface area contributed by atoms with E-state index >= 15 is 0 Å².